The molecule has 2 heterocycles. The third-order valence-corrected chi connectivity index (χ3v) is 5.95. The Balaban J connectivity index is 1.72. The molecular weight excluding hydrogens is 358 g/mol. The summed E-state index contributed by atoms with van der Waals surface area (Å²) in [4.78, 5) is 42.7. The predicted octanol–water partition coefficient (Wildman–Crippen LogP) is 2.40. The first-order valence-corrected chi connectivity index (χ1v) is 10.1. The molecule has 1 aromatic heterocycles. The number of ketones is 1. The lowest BCUT2D eigenvalue weighted by molar-refractivity contribution is -0.148. The molecule has 0 aromatic carbocycles. The van der Waals surface area contributed by atoms with Crippen LogP contribution in [0.15, 0.2) is 18.5 Å². The summed E-state index contributed by atoms with van der Waals surface area (Å²) in [7, 11) is 0. The minimum absolute atomic E-state index is 0.00826. The van der Waals surface area contributed by atoms with Gasteiger partial charge in [-0.05, 0) is 56.9 Å². The Labute approximate surface area is 165 Å². The van der Waals surface area contributed by atoms with E-state index in [4.69, 9.17) is 0 Å². The van der Waals surface area contributed by atoms with Gasteiger partial charge >= 0.3 is 11.8 Å². The Hall–Kier alpha value is -2.28. The summed E-state index contributed by atoms with van der Waals surface area (Å²) in [6, 6.07) is 1.51. The van der Waals surface area contributed by atoms with Crippen molar-refractivity contribution in [3.05, 3.63) is 24.0 Å². The van der Waals surface area contributed by atoms with Crippen LogP contribution in [0, 0.1) is 11.8 Å². The molecular formula is C21H29N3O4. The molecule has 7 nitrogen and oxygen atoms in total. The summed E-state index contributed by atoms with van der Waals surface area (Å²) in [5.41, 5.74) is 0.714. The van der Waals surface area contributed by atoms with Crippen molar-refractivity contribution in [1.29, 1.82) is 0 Å². The molecule has 1 aromatic rings. The fourth-order valence-corrected chi connectivity index (χ4v) is 4.46. The van der Waals surface area contributed by atoms with Crippen molar-refractivity contribution < 1.29 is 19.5 Å². The van der Waals surface area contributed by atoms with Gasteiger partial charge in [-0.3, -0.25) is 19.4 Å². The molecule has 1 saturated heterocycles. The first-order valence-electron chi connectivity index (χ1n) is 10.1. The normalized spacial score (nSPS) is 27.9. The first-order chi connectivity index (χ1) is 13.3. The van der Waals surface area contributed by atoms with E-state index in [1.165, 1.54) is 25.4 Å². The summed E-state index contributed by atoms with van der Waals surface area (Å²) in [5, 5.41) is 12.6. The van der Waals surface area contributed by atoms with Crippen LogP contribution < -0.4 is 5.32 Å². The number of amides is 2. The van der Waals surface area contributed by atoms with Gasteiger partial charge in [-0.2, -0.15) is 0 Å². The first kappa shape index (κ1) is 20.5. The molecule has 3 rings (SSSR count). The van der Waals surface area contributed by atoms with Gasteiger partial charge in [0.1, 0.15) is 0 Å². The zero-order valence-corrected chi connectivity index (χ0v) is 16.6. The number of hydrogen-bond donors (Lipinski definition) is 2. The second-order valence-corrected chi connectivity index (χ2v) is 8.26. The van der Waals surface area contributed by atoms with Crippen molar-refractivity contribution in [2.45, 2.75) is 64.5 Å². The van der Waals surface area contributed by atoms with E-state index >= 15 is 0 Å². The number of likely N-dealkylation sites (tertiary alicyclic amines) is 1. The van der Waals surface area contributed by atoms with Crippen LogP contribution in [0.5, 0.6) is 0 Å². The van der Waals surface area contributed by atoms with Crippen LogP contribution in [-0.4, -0.2) is 51.3 Å². The minimum atomic E-state index is -0.710. The molecule has 0 spiro atoms. The number of carbonyl (C=O) groups excluding carboxylic acids is 3. The summed E-state index contributed by atoms with van der Waals surface area (Å²) < 4.78 is 0. The number of piperidine rings is 1. The Bertz CT molecular complexity index is 751. The van der Waals surface area contributed by atoms with Gasteiger partial charge in [0.15, 0.2) is 5.78 Å². The number of anilines is 1. The highest BCUT2D eigenvalue weighted by atomic mass is 16.3. The van der Waals surface area contributed by atoms with Crippen LogP contribution in [0.25, 0.3) is 0 Å². The largest absolute Gasteiger partial charge is 0.393 e. The monoisotopic (exact) mass is 387 g/mol. The van der Waals surface area contributed by atoms with Gasteiger partial charge in [0.05, 0.1) is 18.0 Å². The molecule has 0 unspecified atom stereocenters. The summed E-state index contributed by atoms with van der Waals surface area (Å²) >= 11 is 0. The number of nitrogens with one attached hydrogen (secondary N) is 1. The molecule has 28 heavy (non-hydrogen) atoms. The van der Waals surface area contributed by atoms with Crippen molar-refractivity contribution in [2.75, 3.05) is 11.9 Å². The van der Waals surface area contributed by atoms with E-state index < -0.39 is 11.8 Å². The van der Waals surface area contributed by atoms with Gasteiger partial charge in [0, 0.05) is 24.3 Å². The molecule has 4 atom stereocenters. The van der Waals surface area contributed by atoms with Gasteiger partial charge in [0.25, 0.3) is 0 Å². The summed E-state index contributed by atoms with van der Waals surface area (Å²) in [5.74, 6) is -0.849. The van der Waals surface area contributed by atoms with E-state index in [9.17, 15) is 19.5 Å². The number of carbonyl (C=O) groups is 3. The van der Waals surface area contributed by atoms with Crippen molar-refractivity contribution in [1.82, 2.24) is 9.88 Å². The highest BCUT2D eigenvalue weighted by Gasteiger charge is 2.39. The quantitative estimate of drug-likeness (QED) is 0.613. The number of aromatic nitrogens is 1. The molecule has 1 aliphatic heterocycles. The summed E-state index contributed by atoms with van der Waals surface area (Å²) in [6.45, 7) is 4.06. The standard InChI is InChI=1S/C21H29N3O4/c1-13-6-7-19(15-4-3-5-18(26)9-15)24(12-13)21(28)20(27)23-17-8-16(14(2)25)10-22-11-17/h8,10-11,13,15,18-19,26H,3-7,9,12H2,1-2H3,(H,23,27)/t13-,15+,18+,19+/m0/s1. The van der Waals surface area contributed by atoms with Gasteiger partial charge in [0.2, 0.25) is 0 Å². The van der Waals surface area contributed by atoms with Crippen molar-refractivity contribution in [3.8, 4) is 0 Å². The van der Waals surface area contributed by atoms with Gasteiger partial charge in [-0.15, -0.1) is 0 Å². The van der Waals surface area contributed by atoms with Crippen LogP contribution in [-0.2, 0) is 9.59 Å². The molecule has 7 heteroatoms. The maximum atomic E-state index is 13.0. The smallest absolute Gasteiger partial charge is 0.313 e. The molecule has 152 valence electrons. The topological polar surface area (TPSA) is 99.6 Å². The highest BCUT2D eigenvalue weighted by Crippen LogP contribution is 2.35. The zero-order valence-electron chi connectivity index (χ0n) is 16.6. The van der Waals surface area contributed by atoms with E-state index in [1.807, 2.05) is 0 Å². The molecule has 0 radical (unpaired) electrons. The summed E-state index contributed by atoms with van der Waals surface area (Å²) in [6.07, 6.45) is 7.85. The average Bonchev–Trinajstić information content (AvgIpc) is 2.67. The Morgan fingerprint density at radius 3 is 2.68 bits per heavy atom. The Morgan fingerprint density at radius 2 is 1.96 bits per heavy atom. The number of rotatable bonds is 3. The number of aliphatic hydroxyl groups is 1. The predicted molar refractivity (Wildman–Crippen MR) is 105 cm³/mol. The van der Waals surface area contributed by atoms with Gasteiger partial charge in [-0.1, -0.05) is 13.3 Å². The van der Waals surface area contributed by atoms with Crippen LogP contribution in [0.4, 0.5) is 5.69 Å². The maximum absolute atomic E-state index is 13.0. The fourth-order valence-electron chi connectivity index (χ4n) is 4.46. The molecule has 2 fully saturated rings. The zero-order chi connectivity index (χ0) is 20.3. The Morgan fingerprint density at radius 1 is 1.18 bits per heavy atom. The van der Waals surface area contributed by atoms with Crippen LogP contribution >= 0.6 is 0 Å². The third kappa shape index (κ3) is 4.76. The van der Waals surface area contributed by atoms with E-state index in [-0.39, 0.29) is 23.8 Å². The maximum Gasteiger partial charge on any atom is 0.313 e. The lowest BCUT2D eigenvalue weighted by Crippen LogP contribution is -2.53. The highest BCUT2D eigenvalue weighted by molar-refractivity contribution is 6.39. The Kier molecular flexibility index (Phi) is 6.44. The molecule has 2 aliphatic rings. The number of hydrogen-bond acceptors (Lipinski definition) is 5. The lowest BCUT2D eigenvalue weighted by Gasteiger charge is -2.44. The third-order valence-electron chi connectivity index (χ3n) is 5.95. The lowest BCUT2D eigenvalue weighted by atomic mass is 9.77. The van der Waals surface area contributed by atoms with Crippen molar-refractivity contribution in [2.24, 2.45) is 11.8 Å². The SMILES string of the molecule is CC(=O)c1cncc(NC(=O)C(=O)N2C[C@@H](C)CC[C@@H]2[C@@H]2CCC[C@@H](O)C2)c1. The molecule has 1 saturated carbocycles. The second kappa shape index (κ2) is 8.82. The molecule has 2 amide bonds. The minimum Gasteiger partial charge on any atom is -0.393 e. The van der Waals surface area contributed by atoms with Crippen molar-refractivity contribution in [3.63, 3.8) is 0 Å². The van der Waals surface area contributed by atoms with Gasteiger partial charge < -0.3 is 15.3 Å². The molecule has 0 bridgehead atoms. The number of nitrogens with zero attached hydrogens (tertiary/aromatic N) is 2. The van der Waals surface area contributed by atoms with Crippen LogP contribution in [0.1, 0.15) is 62.7 Å². The number of Topliss-reactive ketones (excluding diaryl/α,β-unsaturated/α-hetero) is 1. The second-order valence-electron chi connectivity index (χ2n) is 8.26. The van der Waals surface area contributed by atoms with E-state index in [0.29, 0.717) is 30.1 Å². The van der Waals surface area contributed by atoms with E-state index in [1.54, 1.807) is 4.90 Å². The molecule has 1 aliphatic carbocycles. The molecule has 2 N–H and O–H groups in total. The van der Waals surface area contributed by atoms with Crippen LogP contribution in [0.2, 0.25) is 0 Å². The number of pyridine rings is 1. The van der Waals surface area contributed by atoms with Crippen LogP contribution in [0.3, 0.4) is 0 Å². The number of aliphatic hydroxyl groups excluding tert-OH is 1. The van der Waals surface area contributed by atoms with Crippen molar-refractivity contribution >= 4 is 23.3 Å². The average molecular weight is 387 g/mol. The van der Waals surface area contributed by atoms with Gasteiger partial charge in [-0.25, -0.2) is 0 Å². The van der Waals surface area contributed by atoms with E-state index in [0.717, 1.165) is 32.1 Å². The fraction of sp³-hybridized carbons (Fsp3) is 0.619. The van der Waals surface area contributed by atoms with E-state index in [2.05, 4.69) is 17.2 Å².